The quantitative estimate of drug-likeness (QED) is 0.625. The van der Waals surface area contributed by atoms with Crippen LogP contribution in [0.25, 0.3) is 0 Å². The highest BCUT2D eigenvalue weighted by molar-refractivity contribution is 9.10. The van der Waals surface area contributed by atoms with Gasteiger partial charge < -0.3 is 18.9 Å². The first kappa shape index (κ1) is 19.0. The zero-order valence-corrected chi connectivity index (χ0v) is 15.0. The van der Waals surface area contributed by atoms with Crippen molar-refractivity contribution in [2.45, 2.75) is 13.2 Å². The number of hydrogen-bond donors (Lipinski definition) is 0. The molecule has 0 aromatic heterocycles. The SMILES string of the molecule is COc1ccc(COC(=O)c2ccc(OC(F)F)c(OC)c2)cc1Br. The number of methoxy groups -OCH3 is 2. The molecule has 0 N–H and O–H groups in total. The number of carbonyl (C=O) groups excluding carboxylic acids is 1. The highest BCUT2D eigenvalue weighted by Gasteiger charge is 2.15. The van der Waals surface area contributed by atoms with Crippen molar-refractivity contribution in [1.82, 2.24) is 0 Å². The van der Waals surface area contributed by atoms with E-state index in [1.807, 2.05) is 0 Å². The molecule has 0 saturated heterocycles. The van der Waals surface area contributed by atoms with Gasteiger partial charge in [-0.2, -0.15) is 8.78 Å². The van der Waals surface area contributed by atoms with E-state index in [1.54, 1.807) is 25.3 Å². The van der Waals surface area contributed by atoms with Crippen LogP contribution in [0.4, 0.5) is 8.78 Å². The van der Waals surface area contributed by atoms with E-state index < -0.39 is 12.6 Å². The van der Waals surface area contributed by atoms with Crippen molar-refractivity contribution in [3.8, 4) is 17.2 Å². The highest BCUT2D eigenvalue weighted by atomic mass is 79.9. The van der Waals surface area contributed by atoms with Crippen molar-refractivity contribution < 1.29 is 32.5 Å². The summed E-state index contributed by atoms with van der Waals surface area (Å²) in [5.74, 6) is -0.0988. The summed E-state index contributed by atoms with van der Waals surface area (Å²) in [6.45, 7) is -2.95. The van der Waals surface area contributed by atoms with E-state index >= 15 is 0 Å². The van der Waals surface area contributed by atoms with Crippen LogP contribution in [-0.4, -0.2) is 26.8 Å². The Bertz CT molecular complexity index is 752. The lowest BCUT2D eigenvalue weighted by Gasteiger charge is -2.11. The molecule has 134 valence electrons. The lowest BCUT2D eigenvalue weighted by Crippen LogP contribution is -2.07. The first-order valence-corrected chi connectivity index (χ1v) is 7.86. The van der Waals surface area contributed by atoms with E-state index in [0.29, 0.717) is 5.75 Å². The number of esters is 1. The normalized spacial score (nSPS) is 10.5. The van der Waals surface area contributed by atoms with Crippen LogP contribution < -0.4 is 14.2 Å². The second-order valence-electron chi connectivity index (χ2n) is 4.79. The molecule has 2 rings (SSSR count). The van der Waals surface area contributed by atoms with E-state index in [0.717, 1.165) is 10.0 Å². The van der Waals surface area contributed by atoms with Crippen LogP contribution in [0.3, 0.4) is 0 Å². The molecule has 2 aromatic rings. The zero-order valence-electron chi connectivity index (χ0n) is 13.4. The van der Waals surface area contributed by atoms with Gasteiger partial charge in [0.05, 0.1) is 24.3 Å². The fourth-order valence-corrected chi connectivity index (χ4v) is 2.61. The fraction of sp³-hybridized carbons (Fsp3) is 0.235. The van der Waals surface area contributed by atoms with Gasteiger partial charge in [-0.15, -0.1) is 0 Å². The maximum Gasteiger partial charge on any atom is 0.387 e. The Labute approximate surface area is 151 Å². The van der Waals surface area contributed by atoms with Crippen LogP contribution in [0.1, 0.15) is 15.9 Å². The largest absolute Gasteiger partial charge is 0.496 e. The molecular weight excluding hydrogens is 402 g/mol. The van der Waals surface area contributed by atoms with Gasteiger partial charge in [0.2, 0.25) is 0 Å². The van der Waals surface area contributed by atoms with Gasteiger partial charge in [-0.3, -0.25) is 0 Å². The number of hydrogen-bond acceptors (Lipinski definition) is 5. The Balaban J connectivity index is 2.06. The Kier molecular flexibility index (Phi) is 6.58. The second kappa shape index (κ2) is 8.66. The second-order valence-corrected chi connectivity index (χ2v) is 5.64. The molecule has 0 radical (unpaired) electrons. The first-order chi connectivity index (χ1) is 11.9. The Morgan fingerprint density at radius 3 is 2.32 bits per heavy atom. The molecular formula is C17H15BrF2O5. The van der Waals surface area contributed by atoms with E-state index in [2.05, 4.69) is 20.7 Å². The number of halogens is 3. The smallest absolute Gasteiger partial charge is 0.387 e. The van der Waals surface area contributed by atoms with Gasteiger partial charge >= 0.3 is 12.6 Å². The third-order valence-corrected chi connectivity index (χ3v) is 3.82. The molecule has 0 fully saturated rings. The third kappa shape index (κ3) is 5.06. The molecule has 0 aliphatic carbocycles. The number of alkyl halides is 2. The lowest BCUT2D eigenvalue weighted by molar-refractivity contribution is -0.0512. The summed E-state index contributed by atoms with van der Waals surface area (Å²) in [6.07, 6.45) is 0. The molecule has 2 aromatic carbocycles. The summed E-state index contributed by atoms with van der Waals surface area (Å²) in [7, 11) is 2.84. The number of rotatable bonds is 7. The van der Waals surface area contributed by atoms with Crippen molar-refractivity contribution in [1.29, 1.82) is 0 Å². The Morgan fingerprint density at radius 2 is 1.72 bits per heavy atom. The van der Waals surface area contributed by atoms with Crippen molar-refractivity contribution in [2.24, 2.45) is 0 Å². The topological polar surface area (TPSA) is 54.0 Å². The number of ether oxygens (including phenoxy) is 4. The van der Waals surface area contributed by atoms with Gasteiger partial charge in [-0.05, 0) is 51.8 Å². The van der Waals surface area contributed by atoms with Gasteiger partial charge in [0.1, 0.15) is 12.4 Å². The molecule has 0 bridgehead atoms. The van der Waals surface area contributed by atoms with E-state index in [9.17, 15) is 13.6 Å². The number of benzene rings is 2. The molecule has 0 aliphatic rings. The summed E-state index contributed by atoms with van der Waals surface area (Å²) >= 11 is 3.35. The maximum atomic E-state index is 12.3. The van der Waals surface area contributed by atoms with Crippen molar-refractivity contribution in [3.05, 3.63) is 52.0 Å². The van der Waals surface area contributed by atoms with Gasteiger partial charge in [0.15, 0.2) is 11.5 Å². The summed E-state index contributed by atoms with van der Waals surface area (Å²) in [4.78, 5) is 12.1. The third-order valence-electron chi connectivity index (χ3n) is 3.20. The van der Waals surface area contributed by atoms with Crippen LogP contribution in [0.15, 0.2) is 40.9 Å². The Hall–Kier alpha value is -2.35. The molecule has 0 saturated carbocycles. The average Bonchev–Trinajstić information content (AvgIpc) is 2.59. The molecule has 0 atom stereocenters. The monoisotopic (exact) mass is 416 g/mol. The molecule has 0 spiro atoms. The summed E-state index contributed by atoms with van der Waals surface area (Å²) in [5, 5.41) is 0. The Morgan fingerprint density at radius 1 is 1.04 bits per heavy atom. The molecule has 5 nitrogen and oxygen atoms in total. The van der Waals surface area contributed by atoms with Crippen LogP contribution in [0.2, 0.25) is 0 Å². The van der Waals surface area contributed by atoms with Crippen LogP contribution in [0.5, 0.6) is 17.2 Å². The van der Waals surface area contributed by atoms with Gasteiger partial charge in [0.25, 0.3) is 0 Å². The summed E-state index contributed by atoms with van der Waals surface area (Å²) < 4.78 is 45.0. The van der Waals surface area contributed by atoms with Gasteiger partial charge in [-0.25, -0.2) is 4.79 Å². The standard InChI is InChI=1S/C17H15BrF2O5/c1-22-13-5-3-10(7-12(13)18)9-24-16(21)11-4-6-14(25-17(19)20)15(8-11)23-2/h3-8,17H,9H2,1-2H3. The lowest BCUT2D eigenvalue weighted by atomic mass is 10.2. The molecule has 8 heteroatoms. The minimum Gasteiger partial charge on any atom is -0.496 e. The zero-order chi connectivity index (χ0) is 18.4. The van der Waals surface area contributed by atoms with E-state index in [4.69, 9.17) is 14.2 Å². The van der Waals surface area contributed by atoms with E-state index in [1.165, 1.54) is 25.3 Å². The predicted octanol–water partition coefficient (Wildman–Crippen LogP) is 4.42. The molecule has 0 amide bonds. The van der Waals surface area contributed by atoms with Crippen molar-refractivity contribution >= 4 is 21.9 Å². The van der Waals surface area contributed by atoms with E-state index in [-0.39, 0.29) is 23.7 Å². The fourth-order valence-electron chi connectivity index (χ4n) is 2.02. The maximum absolute atomic E-state index is 12.3. The molecule has 0 unspecified atom stereocenters. The average molecular weight is 417 g/mol. The van der Waals surface area contributed by atoms with Crippen LogP contribution >= 0.6 is 15.9 Å². The van der Waals surface area contributed by atoms with Crippen LogP contribution in [0, 0.1) is 0 Å². The van der Waals surface area contributed by atoms with Crippen LogP contribution in [-0.2, 0) is 11.3 Å². The molecule has 25 heavy (non-hydrogen) atoms. The predicted molar refractivity (Wildman–Crippen MR) is 89.4 cm³/mol. The molecule has 0 heterocycles. The highest BCUT2D eigenvalue weighted by Crippen LogP contribution is 2.30. The minimum atomic E-state index is -2.99. The minimum absolute atomic E-state index is 0.0157. The van der Waals surface area contributed by atoms with Crippen molar-refractivity contribution in [2.75, 3.05) is 14.2 Å². The molecule has 0 aliphatic heterocycles. The summed E-state index contributed by atoms with van der Waals surface area (Å²) in [5.41, 5.74) is 0.914. The van der Waals surface area contributed by atoms with Gasteiger partial charge in [0, 0.05) is 0 Å². The summed E-state index contributed by atoms with van der Waals surface area (Å²) in [6, 6.07) is 9.11. The van der Waals surface area contributed by atoms with Crippen molar-refractivity contribution in [3.63, 3.8) is 0 Å². The number of carbonyl (C=O) groups is 1. The van der Waals surface area contributed by atoms with Gasteiger partial charge in [-0.1, -0.05) is 6.07 Å². The first-order valence-electron chi connectivity index (χ1n) is 7.07.